The number of hydrogen-bond acceptors (Lipinski definition) is 4. The van der Waals surface area contributed by atoms with E-state index < -0.39 is 0 Å². The summed E-state index contributed by atoms with van der Waals surface area (Å²) >= 11 is 0. The van der Waals surface area contributed by atoms with Gasteiger partial charge in [-0.2, -0.15) is 0 Å². The fraction of sp³-hybridized carbons (Fsp3) is 0.273. The Kier molecular flexibility index (Phi) is 4.94. The lowest BCUT2D eigenvalue weighted by atomic mass is 9.89. The zero-order valence-electron chi connectivity index (χ0n) is 15.5. The van der Waals surface area contributed by atoms with Crippen molar-refractivity contribution in [1.29, 1.82) is 0 Å². The Morgan fingerprint density at radius 2 is 1.08 bits per heavy atom. The standard InChI is InChI=1S/C22H22O4/c1-5-17-18(6-2)20-10-8-16(26-14(4)24)12-22(20)21-11-15(25-13(3)23)7-9-19(17)21/h7-12H,5-6H2,1-4H3. The quantitative estimate of drug-likeness (QED) is 0.379. The third kappa shape index (κ3) is 3.27. The van der Waals surface area contributed by atoms with Crippen LogP contribution in [0, 0.1) is 0 Å². The number of ether oxygens (including phenoxy) is 2. The van der Waals surface area contributed by atoms with E-state index in [9.17, 15) is 9.59 Å². The minimum atomic E-state index is -0.352. The van der Waals surface area contributed by atoms with E-state index in [4.69, 9.17) is 9.47 Å². The SMILES string of the molecule is CCc1c(CC)c2ccc(OC(C)=O)cc2c2cc(OC(C)=O)ccc12. The smallest absolute Gasteiger partial charge is 0.308 e. The number of rotatable bonds is 4. The molecule has 0 unspecified atom stereocenters. The van der Waals surface area contributed by atoms with Gasteiger partial charge in [0.15, 0.2) is 0 Å². The Bertz CT molecular complexity index is 935. The van der Waals surface area contributed by atoms with Gasteiger partial charge in [-0.25, -0.2) is 0 Å². The van der Waals surface area contributed by atoms with Crippen molar-refractivity contribution in [3.8, 4) is 11.5 Å². The molecule has 0 saturated heterocycles. The van der Waals surface area contributed by atoms with Gasteiger partial charge < -0.3 is 9.47 Å². The topological polar surface area (TPSA) is 52.6 Å². The van der Waals surface area contributed by atoms with Crippen molar-refractivity contribution in [2.24, 2.45) is 0 Å². The number of carbonyl (C=O) groups is 2. The average molecular weight is 350 g/mol. The lowest BCUT2D eigenvalue weighted by Crippen LogP contribution is -2.03. The van der Waals surface area contributed by atoms with Crippen LogP contribution in [0.3, 0.4) is 0 Å². The molecule has 0 heterocycles. The van der Waals surface area contributed by atoms with Crippen LogP contribution < -0.4 is 9.47 Å². The number of aryl methyl sites for hydroxylation is 2. The minimum absolute atomic E-state index is 0.352. The second kappa shape index (κ2) is 7.16. The number of carbonyl (C=O) groups excluding carboxylic acids is 2. The molecule has 0 aromatic heterocycles. The molecule has 0 aliphatic carbocycles. The molecule has 0 N–H and O–H groups in total. The summed E-state index contributed by atoms with van der Waals surface area (Å²) in [7, 11) is 0. The molecule has 0 aliphatic rings. The van der Waals surface area contributed by atoms with E-state index >= 15 is 0 Å². The monoisotopic (exact) mass is 350 g/mol. The summed E-state index contributed by atoms with van der Waals surface area (Å²) in [6.07, 6.45) is 1.82. The van der Waals surface area contributed by atoms with Crippen LogP contribution in [0.5, 0.6) is 11.5 Å². The van der Waals surface area contributed by atoms with Crippen LogP contribution in [0.4, 0.5) is 0 Å². The van der Waals surface area contributed by atoms with Gasteiger partial charge in [0.25, 0.3) is 0 Å². The predicted octanol–water partition coefficient (Wildman–Crippen LogP) is 4.97. The second-order valence-corrected chi connectivity index (χ2v) is 6.27. The molecule has 3 rings (SSSR count). The first-order chi connectivity index (χ1) is 12.4. The van der Waals surface area contributed by atoms with Gasteiger partial charge in [-0.15, -0.1) is 0 Å². The normalized spacial score (nSPS) is 10.9. The van der Waals surface area contributed by atoms with Gasteiger partial charge in [-0.05, 0) is 69.8 Å². The summed E-state index contributed by atoms with van der Waals surface area (Å²) in [5.41, 5.74) is 2.59. The van der Waals surface area contributed by atoms with Crippen LogP contribution in [0.1, 0.15) is 38.8 Å². The average Bonchev–Trinajstić information content (AvgIpc) is 2.59. The first-order valence-electron chi connectivity index (χ1n) is 8.82. The highest BCUT2D eigenvalue weighted by atomic mass is 16.5. The summed E-state index contributed by atoms with van der Waals surface area (Å²) in [6.45, 7) is 7.07. The zero-order chi connectivity index (χ0) is 18.8. The van der Waals surface area contributed by atoms with Crippen molar-refractivity contribution in [3.63, 3.8) is 0 Å². The molecule has 0 spiro atoms. The maximum atomic E-state index is 11.3. The molecule has 0 bridgehead atoms. The van der Waals surface area contributed by atoms with E-state index in [0.717, 1.165) is 34.4 Å². The third-order valence-corrected chi connectivity index (χ3v) is 4.52. The Hall–Kier alpha value is -2.88. The van der Waals surface area contributed by atoms with Crippen molar-refractivity contribution < 1.29 is 19.1 Å². The van der Waals surface area contributed by atoms with Crippen molar-refractivity contribution in [2.45, 2.75) is 40.5 Å². The fourth-order valence-electron chi connectivity index (χ4n) is 3.61. The van der Waals surface area contributed by atoms with Crippen molar-refractivity contribution in [3.05, 3.63) is 47.5 Å². The first kappa shape index (κ1) is 17.9. The van der Waals surface area contributed by atoms with Gasteiger partial charge in [-0.3, -0.25) is 9.59 Å². The second-order valence-electron chi connectivity index (χ2n) is 6.27. The maximum Gasteiger partial charge on any atom is 0.308 e. The molecule has 0 radical (unpaired) electrons. The lowest BCUT2D eigenvalue weighted by Gasteiger charge is -2.17. The van der Waals surface area contributed by atoms with Crippen LogP contribution in [-0.4, -0.2) is 11.9 Å². The predicted molar refractivity (Wildman–Crippen MR) is 103 cm³/mol. The summed E-state index contributed by atoms with van der Waals surface area (Å²) in [4.78, 5) is 22.7. The van der Waals surface area contributed by atoms with Gasteiger partial charge in [0.2, 0.25) is 0 Å². The molecule has 3 aromatic carbocycles. The largest absolute Gasteiger partial charge is 0.427 e. The minimum Gasteiger partial charge on any atom is -0.427 e. The molecule has 0 saturated carbocycles. The van der Waals surface area contributed by atoms with Crippen molar-refractivity contribution in [2.75, 3.05) is 0 Å². The highest BCUT2D eigenvalue weighted by Crippen LogP contribution is 2.37. The highest BCUT2D eigenvalue weighted by Gasteiger charge is 2.14. The molecule has 0 atom stereocenters. The molecule has 3 aromatic rings. The molecule has 4 nitrogen and oxygen atoms in total. The summed E-state index contributed by atoms with van der Waals surface area (Å²) in [5.74, 6) is 0.316. The Balaban J connectivity index is 2.38. The molecular weight excluding hydrogens is 328 g/mol. The molecule has 134 valence electrons. The van der Waals surface area contributed by atoms with Crippen LogP contribution in [0.25, 0.3) is 21.5 Å². The number of esters is 2. The Morgan fingerprint density at radius 3 is 1.38 bits per heavy atom. The molecule has 4 heteroatoms. The summed E-state index contributed by atoms with van der Waals surface area (Å²) in [6, 6.07) is 11.4. The van der Waals surface area contributed by atoms with Crippen LogP contribution in [-0.2, 0) is 22.4 Å². The molecule has 0 fully saturated rings. The van der Waals surface area contributed by atoms with Crippen LogP contribution in [0.15, 0.2) is 36.4 Å². The van der Waals surface area contributed by atoms with E-state index in [2.05, 4.69) is 13.8 Å². The first-order valence-corrected chi connectivity index (χ1v) is 8.82. The highest BCUT2D eigenvalue weighted by molar-refractivity contribution is 6.11. The van der Waals surface area contributed by atoms with E-state index in [1.54, 1.807) is 0 Å². The number of hydrogen-bond donors (Lipinski definition) is 0. The summed E-state index contributed by atoms with van der Waals surface area (Å²) < 4.78 is 10.5. The van der Waals surface area contributed by atoms with Gasteiger partial charge in [0.05, 0.1) is 0 Å². The number of fused-ring (bicyclic) bond motifs is 3. The van der Waals surface area contributed by atoms with E-state index in [1.807, 2.05) is 36.4 Å². The van der Waals surface area contributed by atoms with Gasteiger partial charge >= 0.3 is 11.9 Å². The van der Waals surface area contributed by atoms with Crippen molar-refractivity contribution in [1.82, 2.24) is 0 Å². The van der Waals surface area contributed by atoms with Crippen LogP contribution in [0.2, 0.25) is 0 Å². The van der Waals surface area contributed by atoms with Gasteiger partial charge in [-0.1, -0.05) is 26.0 Å². The molecule has 26 heavy (non-hydrogen) atoms. The van der Waals surface area contributed by atoms with E-state index in [0.29, 0.717) is 11.5 Å². The Morgan fingerprint density at radius 1 is 0.692 bits per heavy atom. The van der Waals surface area contributed by atoms with Gasteiger partial charge in [0, 0.05) is 13.8 Å². The molecular formula is C22H22O4. The zero-order valence-corrected chi connectivity index (χ0v) is 15.5. The maximum absolute atomic E-state index is 11.3. The molecule has 0 aliphatic heterocycles. The fourth-order valence-corrected chi connectivity index (χ4v) is 3.61. The summed E-state index contributed by atoms with van der Waals surface area (Å²) in [5, 5.41) is 4.24. The van der Waals surface area contributed by atoms with Gasteiger partial charge in [0.1, 0.15) is 11.5 Å². The van der Waals surface area contributed by atoms with Crippen LogP contribution >= 0.6 is 0 Å². The van der Waals surface area contributed by atoms with E-state index in [-0.39, 0.29) is 11.9 Å². The molecule has 0 amide bonds. The van der Waals surface area contributed by atoms with Crippen molar-refractivity contribution >= 4 is 33.5 Å². The third-order valence-electron chi connectivity index (χ3n) is 4.52. The lowest BCUT2D eigenvalue weighted by molar-refractivity contribution is -0.132. The van der Waals surface area contributed by atoms with E-state index in [1.165, 1.54) is 25.0 Å². The Labute approximate surface area is 152 Å². The number of benzene rings is 3.